The van der Waals surface area contributed by atoms with E-state index >= 15 is 0 Å². The number of carbonyl (C=O) groups is 2. The summed E-state index contributed by atoms with van der Waals surface area (Å²) in [5.74, 6) is 3.35. The second-order valence-corrected chi connectivity index (χ2v) is 8.97. The van der Waals surface area contributed by atoms with Crippen molar-refractivity contribution < 1.29 is 14.3 Å². The molecule has 0 aromatic rings. The van der Waals surface area contributed by atoms with Crippen LogP contribution in [-0.2, 0) is 14.3 Å². The lowest BCUT2D eigenvalue weighted by molar-refractivity contribution is -0.123. The van der Waals surface area contributed by atoms with Crippen LogP contribution in [0.1, 0.15) is 46.0 Å². The van der Waals surface area contributed by atoms with Gasteiger partial charge in [-0.2, -0.15) is 0 Å². The van der Waals surface area contributed by atoms with E-state index in [4.69, 9.17) is 4.74 Å². The van der Waals surface area contributed by atoms with E-state index in [-0.39, 0.29) is 24.5 Å². The predicted molar refractivity (Wildman–Crippen MR) is 101 cm³/mol. The van der Waals surface area contributed by atoms with Gasteiger partial charge >= 0.3 is 0 Å². The smallest absolute Gasteiger partial charge is 0.254 e. The third-order valence-electron chi connectivity index (χ3n) is 6.68. The number of nitrogens with one attached hydrogen (secondary N) is 3. The SMILES string of the molecule is CNC(=O)CN1NCC(C(=O)NC2C3CC4CC(C3)CC2C4)=C1OC(C)C. The van der Waals surface area contributed by atoms with E-state index in [0.29, 0.717) is 35.9 Å². The Morgan fingerprint density at radius 3 is 2.33 bits per heavy atom. The first kappa shape index (κ1) is 18.6. The highest BCUT2D eigenvalue weighted by Gasteiger charge is 2.49. The lowest BCUT2D eigenvalue weighted by Crippen LogP contribution is -2.56. The Bertz CT molecular complexity index is 617. The third-order valence-corrected chi connectivity index (χ3v) is 6.68. The van der Waals surface area contributed by atoms with Crippen LogP contribution in [0.2, 0.25) is 0 Å². The van der Waals surface area contributed by atoms with Gasteiger partial charge in [0.1, 0.15) is 6.54 Å². The maximum atomic E-state index is 13.1. The Morgan fingerprint density at radius 2 is 1.78 bits per heavy atom. The van der Waals surface area contributed by atoms with Gasteiger partial charge in [0, 0.05) is 13.1 Å². The van der Waals surface area contributed by atoms with Gasteiger partial charge in [-0.3, -0.25) is 14.6 Å². The molecule has 4 aliphatic carbocycles. The van der Waals surface area contributed by atoms with E-state index in [1.54, 1.807) is 12.1 Å². The van der Waals surface area contributed by atoms with E-state index in [1.165, 1.54) is 32.1 Å². The number of rotatable bonds is 6. The number of likely N-dealkylation sites (N-methyl/N-ethyl adjacent to an activating group) is 1. The maximum absolute atomic E-state index is 13.1. The van der Waals surface area contributed by atoms with Crippen LogP contribution in [-0.4, -0.2) is 49.1 Å². The van der Waals surface area contributed by atoms with E-state index in [1.807, 2.05) is 13.8 Å². The van der Waals surface area contributed by atoms with E-state index in [0.717, 1.165) is 11.8 Å². The molecule has 4 fully saturated rings. The zero-order valence-electron chi connectivity index (χ0n) is 16.6. The zero-order chi connectivity index (χ0) is 19.1. The Hall–Kier alpha value is -1.76. The van der Waals surface area contributed by atoms with Gasteiger partial charge in [0.15, 0.2) is 0 Å². The summed E-state index contributed by atoms with van der Waals surface area (Å²) in [6.45, 7) is 4.36. The van der Waals surface area contributed by atoms with Gasteiger partial charge in [0.05, 0.1) is 18.2 Å². The van der Waals surface area contributed by atoms with Crippen LogP contribution in [0.4, 0.5) is 0 Å². The molecule has 0 aromatic heterocycles. The van der Waals surface area contributed by atoms with Crippen molar-refractivity contribution in [1.29, 1.82) is 0 Å². The van der Waals surface area contributed by atoms with Crippen LogP contribution >= 0.6 is 0 Å². The summed E-state index contributed by atoms with van der Waals surface area (Å²) < 4.78 is 5.91. The van der Waals surface area contributed by atoms with Crippen molar-refractivity contribution in [3.63, 3.8) is 0 Å². The molecule has 3 N–H and O–H groups in total. The van der Waals surface area contributed by atoms with Crippen molar-refractivity contribution in [3.05, 3.63) is 11.5 Å². The van der Waals surface area contributed by atoms with Gasteiger partial charge in [0.25, 0.3) is 5.91 Å². The second kappa shape index (κ2) is 7.34. The molecule has 0 unspecified atom stereocenters. The highest BCUT2D eigenvalue weighted by Crippen LogP contribution is 2.53. The minimum atomic E-state index is -0.130. The molecule has 27 heavy (non-hydrogen) atoms. The molecule has 7 nitrogen and oxygen atoms in total. The fourth-order valence-electron chi connectivity index (χ4n) is 5.77. The van der Waals surface area contributed by atoms with Gasteiger partial charge in [0.2, 0.25) is 11.8 Å². The van der Waals surface area contributed by atoms with Crippen molar-refractivity contribution in [3.8, 4) is 0 Å². The van der Waals surface area contributed by atoms with Crippen molar-refractivity contribution >= 4 is 11.8 Å². The summed E-state index contributed by atoms with van der Waals surface area (Å²) in [5, 5.41) is 7.61. The van der Waals surface area contributed by atoms with Gasteiger partial charge in [-0.15, -0.1) is 0 Å². The average Bonchev–Trinajstić information content (AvgIpc) is 2.99. The number of hydrazine groups is 1. The number of hydrogen-bond donors (Lipinski definition) is 3. The monoisotopic (exact) mass is 376 g/mol. The second-order valence-electron chi connectivity index (χ2n) is 8.97. The number of ether oxygens (including phenoxy) is 1. The molecule has 7 heteroatoms. The maximum Gasteiger partial charge on any atom is 0.254 e. The number of carbonyl (C=O) groups excluding carboxylic acids is 2. The fourth-order valence-corrected chi connectivity index (χ4v) is 5.77. The highest BCUT2D eigenvalue weighted by atomic mass is 16.5. The standard InChI is InChI=1S/C20H32N4O3/c1-11(2)27-20-16(9-22-24(20)10-17(25)21-3)19(26)23-18-14-5-12-4-13(7-14)8-15(18)6-12/h11-15,18,22H,4-10H2,1-3H3,(H,21,25)(H,23,26). The van der Waals surface area contributed by atoms with Crippen molar-refractivity contribution in [1.82, 2.24) is 21.1 Å². The summed E-state index contributed by atoms with van der Waals surface area (Å²) >= 11 is 0. The van der Waals surface area contributed by atoms with Crippen LogP contribution in [0.3, 0.4) is 0 Å². The molecule has 4 saturated carbocycles. The summed E-state index contributed by atoms with van der Waals surface area (Å²) in [5.41, 5.74) is 3.72. The molecule has 5 aliphatic rings. The molecule has 2 amide bonds. The van der Waals surface area contributed by atoms with Crippen LogP contribution < -0.4 is 16.1 Å². The van der Waals surface area contributed by atoms with Gasteiger partial charge < -0.3 is 15.4 Å². The average molecular weight is 377 g/mol. The van der Waals surface area contributed by atoms with Crippen LogP contribution in [0.5, 0.6) is 0 Å². The predicted octanol–water partition coefficient (Wildman–Crippen LogP) is 1.13. The number of nitrogens with zero attached hydrogens (tertiary/aromatic N) is 1. The quantitative estimate of drug-likeness (QED) is 0.647. The minimum Gasteiger partial charge on any atom is -0.475 e. The Balaban J connectivity index is 1.48. The summed E-state index contributed by atoms with van der Waals surface area (Å²) in [6.07, 6.45) is 6.42. The molecule has 4 bridgehead atoms. The van der Waals surface area contributed by atoms with Crippen molar-refractivity contribution in [2.75, 3.05) is 20.1 Å². The van der Waals surface area contributed by atoms with E-state index in [9.17, 15) is 9.59 Å². The molecule has 150 valence electrons. The lowest BCUT2D eigenvalue weighted by Gasteiger charge is -2.54. The number of amides is 2. The molecule has 5 rings (SSSR count). The first-order valence-corrected chi connectivity index (χ1v) is 10.4. The van der Waals surface area contributed by atoms with Gasteiger partial charge in [-0.05, 0) is 69.6 Å². The largest absolute Gasteiger partial charge is 0.475 e. The summed E-state index contributed by atoms with van der Waals surface area (Å²) in [6, 6.07) is 0.297. The third kappa shape index (κ3) is 3.66. The highest BCUT2D eigenvalue weighted by molar-refractivity contribution is 5.95. The van der Waals surface area contributed by atoms with Crippen LogP contribution in [0, 0.1) is 23.7 Å². The molecule has 0 aromatic carbocycles. The fraction of sp³-hybridized carbons (Fsp3) is 0.800. The lowest BCUT2D eigenvalue weighted by atomic mass is 9.54. The van der Waals surface area contributed by atoms with Crippen LogP contribution in [0.15, 0.2) is 11.5 Å². The Morgan fingerprint density at radius 1 is 1.15 bits per heavy atom. The Kier molecular flexibility index (Phi) is 5.05. The number of hydrogen-bond acceptors (Lipinski definition) is 5. The normalized spacial score (nSPS) is 34.4. The summed E-state index contributed by atoms with van der Waals surface area (Å²) in [7, 11) is 1.60. The van der Waals surface area contributed by atoms with Crippen LogP contribution in [0.25, 0.3) is 0 Å². The Labute approximate surface area is 161 Å². The minimum absolute atomic E-state index is 0.0463. The zero-order valence-corrected chi connectivity index (χ0v) is 16.6. The molecular formula is C20H32N4O3. The van der Waals surface area contributed by atoms with Gasteiger partial charge in [-0.25, -0.2) is 5.43 Å². The van der Waals surface area contributed by atoms with Gasteiger partial charge in [-0.1, -0.05) is 0 Å². The molecule has 0 saturated heterocycles. The van der Waals surface area contributed by atoms with Crippen molar-refractivity contribution in [2.45, 2.75) is 58.1 Å². The molecule has 1 heterocycles. The molecular weight excluding hydrogens is 344 g/mol. The summed E-state index contributed by atoms with van der Waals surface area (Å²) in [4.78, 5) is 24.9. The van der Waals surface area contributed by atoms with Crippen molar-refractivity contribution in [2.24, 2.45) is 23.7 Å². The first-order chi connectivity index (χ1) is 12.9. The molecule has 0 radical (unpaired) electrons. The molecule has 1 aliphatic heterocycles. The first-order valence-electron chi connectivity index (χ1n) is 10.4. The van der Waals surface area contributed by atoms with E-state index < -0.39 is 0 Å². The molecule has 0 atom stereocenters. The molecule has 0 spiro atoms. The topological polar surface area (TPSA) is 82.7 Å². The van der Waals surface area contributed by atoms with E-state index in [2.05, 4.69) is 16.1 Å².